The minimum Gasteiger partial charge on any atom is -0.337 e. The van der Waals surface area contributed by atoms with E-state index in [0.717, 1.165) is 30.7 Å². The van der Waals surface area contributed by atoms with E-state index in [2.05, 4.69) is 21.7 Å². The molecule has 0 spiro atoms. The van der Waals surface area contributed by atoms with Crippen LogP contribution in [-0.4, -0.2) is 23.0 Å². The molecule has 1 aliphatic rings. The Morgan fingerprint density at radius 3 is 2.73 bits per heavy atom. The zero-order valence-corrected chi connectivity index (χ0v) is 14.3. The van der Waals surface area contributed by atoms with Crippen molar-refractivity contribution in [2.75, 3.05) is 6.54 Å². The van der Waals surface area contributed by atoms with E-state index in [4.69, 9.17) is 0 Å². The second kappa shape index (κ2) is 6.76. The number of aromatic nitrogens is 1. The van der Waals surface area contributed by atoms with Crippen molar-refractivity contribution in [3.05, 3.63) is 16.6 Å². The van der Waals surface area contributed by atoms with Crippen molar-refractivity contribution in [2.45, 2.75) is 57.5 Å². The van der Waals surface area contributed by atoms with Gasteiger partial charge >= 0.3 is 0 Å². The van der Waals surface area contributed by atoms with Gasteiger partial charge in [-0.25, -0.2) is 4.98 Å². The number of nitriles is 1. The number of rotatable bonds is 6. The van der Waals surface area contributed by atoms with Gasteiger partial charge in [0, 0.05) is 11.6 Å². The Morgan fingerprint density at radius 2 is 2.23 bits per heavy atom. The quantitative estimate of drug-likeness (QED) is 0.844. The molecule has 0 bridgehead atoms. The molecule has 1 saturated carbocycles. The SMILES string of the molecule is CC(C)C(C)(C#N)NC(=O)CNC1(c2nccs2)CCCC1. The molecule has 0 saturated heterocycles. The summed E-state index contributed by atoms with van der Waals surface area (Å²) in [6.45, 7) is 5.85. The summed E-state index contributed by atoms with van der Waals surface area (Å²) < 4.78 is 0. The van der Waals surface area contributed by atoms with Gasteiger partial charge in [0.25, 0.3) is 0 Å². The maximum atomic E-state index is 12.2. The summed E-state index contributed by atoms with van der Waals surface area (Å²) in [4.78, 5) is 16.7. The third-order valence-electron chi connectivity index (χ3n) is 4.67. The lowest BCUT2D eigenvalue weighted by Crippen LogP contribution is -2.53. The predicted molar refractivity (Wildman–Crippen MR) is 87.3 cm³/mol. The van der Waals surface area contributed by atoms with Gasteiger partial charge in [-0.05, 0) is 25.7 Å². The second-order valence-electron chi connectivity index (χ2n) is 6.50. The molecule has 5 nitrogen and oxygen atoms in total. The Hall–Kier alpha value is -1.45. The summed E-state index contributed by atoms with van der Waals surface area (Å²) in [5.74, 6) is -0.0820. The van der Waals surface area contributed by atoms with Gasteiger partial charge in [0.05, 0.1) is 18.2 Å². The molecule has 1 aliphatic carbocycles. The largest absolute Gasteiger partial charge is 0.337 e. The first-order valence-corrected chi connectivity index (χ1v) is 8.67. The number of hydrogen-bond acceptors (Lipinski definition) is 5. The molecule has 1 heterocycles. The summed E-state index contributed by atoms with van der Waals surface area (Å²) >= 11 is 1.64. The van der Waals surface area contributed by atoms with Crippen LogP contribution in [0.5, 0.6) is 0 Å². The highest BCUT2D eigenvalue weighted by molar-refractivity contribution is 7.09. The minimum atomic E-state index is -0.831. The number of amides is 1. The first-order chi connectivity index (χ1) is 10.4. The molecule has 1 amide bonds. The molecular weight excluding hydrogens is 296 g/mol. The molecule has 2 rings (SSSR count). The topological polar surface area (TPSA) is 77.8 Å². The highest BCUT2D eigenvalue weighted by Crippen LogP contribution is 2.39. The van der Waals surface area contributed by atoms with Gasteiger partial charge in [-0.1, -0.05) is 26.7 Å². The van der Waals surface area contributed by atoms with Crippen LogP contribution in [0, 0.1) is 17.2 Å². The monoisotopic (exact) mass is 320 g/mol. The summed E-state index contributed by atoms with van der Waals surface area (Å²) in [7, 11) is 0. The second-order valence-corrected chi connectivity index (χ2v) is 7.39. The fourth-order valence-electron chi connectivity index (χ4n) is 2.79. The average molecular weight is 320 g/mol. The van der Waals surface area contributed by atoms with Crippen molar-refractivity contribution in [3.8, 4) is 6.07 Å². The van der Waals surface area contributed by atoms with Gasteiger partial charge in [0.2, 0.25) is 5.91 Å². The van der Waals surface area contributed by atoms with Crippen molar-refractivity contribution >= 4 is 17.2 Å². The third-order valence-corrected chi connectivity index (χ3v) is 5.65. The van der Waals surface area contributed by atoms with Crippen LogP contribution >= 0.6 is 11.3 Å². The normalized spacial score (nSPS) is 19.6. The molecule has 1 fully saturated rings. The summed E-state index contributed by atoms with van der Waals surface area (Å²) in [5.41, 5.74) is -1.00. The van der Waals surface area contributed by atoms with Gasteiger partial charge in [0.15, 0.2) is 0 Å². The van der Waals surface area contributed by atoms with Crippen LogP contribution < -0.4 is 10.6 Å². The van der Waals surface area contributed by atoms with E-state index in [1.807, 2.05) is 25.4 Å². The maximum Gasteiger partial charge on any atom is 0.235 e. The number of carbonyl (C=O) groups is 1. The molecule has 6 heteroatoms. The standard InChI is InChI=1S/C16H24N4OS/c1-12(2)15(3,11-17)20-13(21)10-19-16(6-4-5-7-16)14-18-8-9-22-14/h8-9,12,19H,4-7,10H2,1-3H3,(H,20,21). The number of nitrogens with one attached hydrogen (secondary N) is 2. The Balaban J connectivity index is 1.99. The van der Waals surface area contributed by atoms with E-state index in [9.17, 15) is 10.1 Å². The van der Waals surface area contributed by atoms with Gasteiger partial charge in [-0.2, -0.15) is 5.26 Å². The molecule has 1 aromatic rings. The fourth-order valence-corrected chi connectivity index (χ4v) is 3.66. The van der Waals surface area contributed by atoms with Gasteiger partial charge in [-0.15, -0.1) is 11.3 Å². The predicted octanol–water partition coefficient (Wildman–Crippen LogP) is 2.56. The van der Waals surface area contributed by atoms with Crippen LogP contribution in [0.2, 0.25) is 0 Å². The number of nitrogens with zero attached hydrogens (tertiary/aromatic N) is 2. The lowest BCUT2D eigenvalue weighted by Gasteiger charge is -2.30. The Bertz CT molecular complexity index is 543. The fraction of sp³-hybridized carbons (Fsp3) is 0.688. The smallest absolute Gasteiger partial charge is 0.235 e. The van der Waals surface area contributed by atoms with E-state index in [0.29, 0.717) is 0 Å². The van der Waals surface area contributed by atoms with Crippen LogP contribution in [0.3, 0.4) is 0 Å². The van der Waals surface area contributed by atoms with Gasteiger partial charge in [0.1, 0.15) is 10.5 Å². The van der Waals surface area contributed by atoms with Crippen LogP contribution in [0.15, 0.2) is 11.6 Å². The van der Waals surface area contributed by atoms with Crippen LogP contribution in [0.25, 0.3) is 0 Å². The van der Waals surface area contributed by atoms with Crippen molar-refractivity contribution in [2.24, 2.45) is 5.92 Å². The van der Waals surface area contributed by atoms with Crippen LogP contribution in [0.4, 0.5) is 0 Å². The molecule has 120 valence electrons. The summed E-state index contributed by atoms with van der Waals surface area (Å²) in [6, 6.07) is 2.20. The van der Waals surface area contributed by atoms with Crippen LogP contribution in [-0.2, 0) is 10.3 Å². The number of thiazole rings is 1. The molecule has 0 aromatic carbocycles. The lowest BCUT2D eigenvalue weighted by molar-refractivity contribution is -0.122. The molecule has 1 atom stereocenters. The summed E-state index contributed by atoms with van der Waals surface area (Å²) in [6.07, 6.45) is 6.13. The van der Waals surface area contributed by atoms with Gasteiger partial charge in [-0.3, -0.25) is 10.1 Å². The van der Waals surface area contributed by atoms with E-state index < -0.39 is 5.54 Å². The first-order valence-electron chi connectivity index (χ1n) is 7.79. The summed E-state index contributed by atoms with van der Waals surface area (Å²) in [5, 5.41) is 18.6. The van der Waals surface area contributed by atoms with Crippen molar-refractivity contribution in [1.82, 2.24) is 15.6 Å². The molecule has 0 radical (unpaired) electrons. The lowest BCUT2D eigenvalue weighted by atomic mass is 9.90. The third kappa shape index (κ3) is 3.47. The Morgan fingerprint density at radius 1 is 1.55 bits per heavy atom. The Labute approximate surface area is 136 Å². The zero-order chi connectivity index (χ0) is 16.2. The molecular formula is C16H24N4OS. The van der Waals surface area contributed by atoms with Crippen LogP contribution in [0.1, 0.15) is 51.5 Å². The molecule has 22 heavy (non-hydrogen) atoms. The number of carbonyl (C=O) groups excluding carboxylic acids is 1. The molecule has 2 N–H and O–H groups in total. The average Bonchev–Trinajstić information content (AvgIpc) is 3.16. The molecule has 0 aliphatic heterocycles. The number of hydrogen-bond donors (Lipinski definition) is 2. The zero-order valence-electron chi connectivity index (χ0n) is 13.5. The first kappa shape index (κ1) is 16.9. The van der Waals surface area contributed by atoms with Crippen molar-refractivity contribution in [3.63, 3.8) is 0 Å². The van der Waals surface area contributed by atoms with E-state index >= 15 is 0 Å². The highest BCUT2D eigenvalue weighted by atomic mass is 32.1. The molecule has 1 unspecified atom stereocenters. The molecule has 1 aromatic heterocycles. The van der Waals surface area contributed by atoms with E-state index in [1.54, 1.807) is 18.3 Å². The maximum absolute atomic E-state index is 12.2. The minimum absolute atomic E-state index is 0.0563. The van der Waals surface area contributed by atoms with Crippen molar-refractivity contribution < 1.29 is 4.79 Å². The van der Waals surface area contributed by atoms with E-state index in [1.165, 1.54) is 0 Å². The van der Waals surface area contributed by atoms with Gasteiger partial charge < -0.3 is 5.32 Å². The Kier molecular flexibility index (Phi) is 5.20. The highest BCUT2D eigenvalue weighted by Gasteiger charge is 2.38. The van der Waals surface area contributed by atoms with Crippen molar-refractivity contribution in [1.29, 1.82) is 5.26 Å². The van der Waals surface area contributed by atoms with E-state index in [-0.39, 0.29) is 23.9 Å².